The molecule has 4 aromatic rings. The number of hydrogen-bond acceptors (Lipinski definition) is 5. The molecule has 3 heterocycles. The van der Waals surface area contributed by atoms with Crippen LogP contribution in [0.2, 0.25) is 0 Å². The SMILES string of the molecule is Cc1cc(-c2ccccc2)nc(-n2nc(C(F)(F)F)nc2Nc2ccc3c(c2)CCC(N2CCCC2)CC3)c1. The number of nitrogens with zero attached hydrogens (tertiary/aromatic N) is 5. The van der Waals surface area contributed by atoms with Crippen LogP contribution in [0.3, 0.4) is 0 Å². The minimum absolute atomic E-state index is 0.0250. The van der Waals surface area contributed by atoms with E-state index in [1.54, 1.807) is 6.07 Å². The first-order valence-electron chi connectivity index (χ1n) is 13.5. The molecule has 2 aliphatic rings. The van der Waals surface area contributed by atoms with E-state index in [2.05, 4.69) is 31.3 Å². The van der Waals surface area contributed by atoms with Crippen molar-refractivity contribution in [2.24, 2.45) is 0 Å². The van der Waals surface area contributed by atoms with E-state index in [1.807, 2.05) is 55.5 Å². The Kier molecular flexibility index (Phi) is 6.85. The van der Waals surface area contributed by atoms with Gasteiger partial charge in [-0.2, -0.15) is 22.8 Å². The fourth-order valence-electron chi connectivity index (χ4n) is 5.76. The van der Waals surface area contributed by atoms with E-state index in [9.17, 15) is 13.2 Å². The first kappa shape index (κ1) is 25.6. The number of likely N-dealkylation sites (tertiary alicyclic amines) is 1. The van der Waals surface area contributed by atoms with Gasteiger partial charge in [0.05, 0.1) is 5.69 Å². The molecule has 1 aliphatic carbocycles. The zero-order valence-corrected chi connectivity index (χ0v) is 21.9. The second-order valence-electron chi connectivity index (χ2n) is 10.5. The monoisotopic (exact) mass is 532 g/mol. The summed E-state index contributed by atoms with van der Waals surface area (Å²) < 4.78 is 42.3. The molecule has 2 aromatic heterocycles. The summed E-state index contributed by atoms with van der Waals surface area (Å²) in [5.41, 5.74) is 5.61. The summed E-state index contributed by atoms with van der Waals surface area (Å²) in [6, 6.07) is 19.8. The Balaban J connectivity index is 1.32. The Labute approximate surface area is 225 Å². The topological polar surface area (TPSA) is 58.9 Å². The fraction of sp³-hybridized carbons (Fsp3) is 0.367. The van der Waals surface area contributed by atoms with Gasteiger partial charge in [0.1, 0.15) is 0 Å². The van der Waals surface area contributed by atoms with E-state index in [4.69, 9.17) is 0 Å². The van der Waals surface area contributed by atoms with Crippen LogP contribution in [-0.2, 0) is 19.0 Å². The molecule has 1 N–H and O–H groups in total. The van der Waals surface area contributed by atoms with Crippen molar-refractivity contribution in [3.63, 3.8) is 0 Å². The minimum atomic E-state index is -4.69. The van der Waals surface area contributed by atoms with Crippen LogP contribution < -0.4 is 5.32 Å². The van der Waals surface area contributed by atoms with Crippen LogP contribution in [0.25, 0.3) is 17.1 Å². The van der Waals surface area contributed by atoms with Gasteiger partial charge in [-0.15, -0.1) is 5.10 Å². The fourth-order valence-corrected chi connectivity index (χ4v) is 5.76. The highest BCUT2D eigenvalue weighted by Gasteiger charge is 2.37. The van der Waals surface area contributed by atoms with Gasteiger partial charge < -0.3 is 10.2 Å². The lowest BCUT2D eigenvalue weighted by molar-refractivity contribution is -0.144. The molecule has 202 valence electrons. The number of hydrogen-bond donors (Lipinski definition) is 1. The van der Waals surface area contributed by atoms with Crippen LogP contribution in [0.1, 0.15) is 48.2 Å². The molecule has 1 aliphatic heterocycles. The average Bonchev–Trinajstić information content (AvgIpc) is 3.56. The summed E-state index contributed by atoms with van der Waals surface area (Å²) in [5, 5.41) is 6.95. The van der Waals surface area contributed by atoms with Gasteiger partial charge in [-0.05, 0) is 99.5 Å². The number of halogens is 3. The van der Waals surface area contributed by atoms with Crippen molar-refractivity contribution in [3.8, 4) is 17.1 Å². The highest BCUT2D eigenvalue weighted by atomic mass is 19.4. The summed E-state index contributed by atoms with van der Waals surface area (Å²) in [5.74, 6) is -0.969. The first-order chi connectivity index (χ1) is 18.8. The highest BCUT2D eigenvalue weighted by molar-refractivity contribution is 5.62. The summed E-state index contributed by atoms with van der Waals surface area (Å²) in [6.07, 6.45) is 2.08. The maximum Gasteiger partial charge on any atom is 0.453 e. The van der Waals surface area contributed by atoms with Crippen molar-refractivity contribution in [2.75, 3.05) is 18.4 Å². The van der Waals surface area contributed by atoms with Crippen LogP contribution in [-0.4, -0.2) is 43.8 Å². The highest BCUT2D eigenvalue weighted by Crippen LogP contribution is 2.32. The Bertz CT molecular complexity index is 1460. The second-order valence-corrected chi connectivity index (χ2v) is 10.5. The standard InChI is InChI=1S/C30H31F3N6/c1-20-17-26(22-7-3-2-4-8-22)35-27(18-20)39-29(36-28(37-39)30(31,32)33)34-24-12-9-21-10-13-25(14-11-23(21)19-24)38-15-5-6-16-38/h2-4,7-9,12,17-19,25H,5-6,10-11,13-16H2,1H3,(H,34,36,37). The van der Waals surface area contributed by atoms with E-state index in [-0.39, 0.29) is 11.8 Å². The van der Waals surface area contributed by atoms with Crippen molar-refractivity contribution < 1.29 is 13.2 Å². The molecule has 0 amide bonds. The molecular formula is C30H31F3N6. The normalized spacial score (nSPS) is 18.1. The van der Waals surface area contributed by atoms with E-state index in [0.717, 1.165) is 41.5 Å². The van der Waals surface area contributed by atoms with Gasteiger partial charge in [0.25, 0.3) is 5.82 Å². The first-order valence-corrected chi connectivity index (χ1v) is 13.5. The molecule has 0 radical (unpaired) electrons. The molecule has 1 unspecified atom stereocenters. The Morgan fingerprint density at radius 2 is 1.62 bits per heavy atom. The average molecular weight is 533 g/mol. The predicted octanol–water partition coefficient (Wildman–Crippen LogP) is 6.74. The maximum absolute atomic E-state index is 13.7. The summed E-state index contributed by atoms with van der Waals surface area (Å²) in [7, 11) is 0. The Morgan fingerprint density at radius 1 is 0.872 bits per heavy atom. The predicted molar refractivity (Wildman–Crippen MR) is 145 cm³/mol. The zero-order valence-electron chi connectivity index (χ0n) is 21.9. The van der Waals surface area contributed by atoms with Crippen molar-refractivity contribution in [1.82, 2.24) is 24.6 Å². The Morgan fingerprint density at radius 3 is 2.36 bits per heavy atom. The van der Waals surface area contributed by atoms with E-state index < -0.39 is 12.0 Å². The molecule has 9 heteroatoms. The molecule has 2 aromatic carbocycles. The van der Waals surface area contributed by atoms with Crippen molar-refractivity contribution in [2.45, 2.75) is 57.7 Å². The van der Waals surface area contributed by atoms with Gasteiger partial charge in [-0.25, -0.2) is 4.98 Å². The number of rotatable bonds is 5. The van der Waals surface area contributed by atoms with Crippen LogP contribution in [0, 0.1) is 6.92 Å². The largest absolute Gasteiger partial charge is 0.453 e. The summed E-state index contributed by atoms with van der Waals surface area (Å²) in [4.78, 5) is 11.1. The van der Waals surface area contributed by atoms with Crippen LogP contribution >= 0.6 is 0 Å². The number of nitrogens with one attached hydrogen (secondary N) is 1. The quantitative estimate of drug-likeness (QED) is 0.289. The number of benzene rings is 2. The zero-order chi connectivity index (χ0) is 27.0. The smallest absolute Gasteiger partial charge is 0.324 e. The number of aromatic nitrogens is 4. The van der Waals surface area contributed by atoms with Crippen molar-refractivity contribution in [1.29, 1.82) is 0 Å². The third-order valence-corrected chi connectivity index (χ3v) is 7.72. The number of alkyl halides is 3. The van der Waals surface area contributed by atoms with E-state index in [0.29, 0.717) is 17.4 Å². The third-order valence-electron chi connectivity index (χ3n) is 7.72. The van der Waals surface area contributed by atoms with E-state index in [1.165, 1.54) is 37.1 Å². The third kappa shape index (κ3) is 5.54. The summed E-state index contributed by atoms with van der Waals surface area (Å²) in [6.45, 7) is 4.25. The van der Waals surface area contributed by atoms with Crippen LogP contribution in [0.5, 0.6) is 0 Å². The van der Waals surface area contributed by atoms with Crippen LogP contribution in [0.4, 0.5) is 24.8 Å². The molecule has 0 spiro atoms. The molecule has 39 heavy (non-hydrogen) atoms. The van der Waals surface area contributed by atoms with Gasteiger partial charge in [-0.1, -0.05) is 36.4 Å². The molecule has 1 fully saturated rings. The lowest BCUT2D eigenvalue weighted by Gasteiger charge is -2.25. The maximum atomic E-state index is 13.7. The minimum Gasteiger partial charge on any atom is -0.324 e. The van der Waals surface area contributed by atoms with E-state index >= 15 is 0 Å². The second kappa shape index (κ2) is 10.4. The van der Waals surface area contributed by atoms with Crippen molar-refractivity contribution in [3.05, 3.63) is 83.2 Å². The van der Waals surface area contributed by atoms with Gasteiger partial charge in [0, 0.05) is 17.3 Å². The lowest BCUT2D eigenvalue weighted by atomic mass is 10.0. The molecule has 1 saturated heterocycles. The van der Waals surface area contributed by atoms with Gasteiger partial charge in [0.2, 0.25) is 5.95 Å². The summed E-state index contributed by atoms with van der Waals surface area (Å²) >= 11 is 0. The number of pyridine rings is 1. The lowest BCUT2D eigenvalue weighted by Crippen LogP contribution is -2.32. The molecule has 6 nitrogen and oxygen atoms in total. The molecular weight excluding hydrogens is 501 g/mol. The number of anilines is 2. The molecule has 6 rings (SSSR count). The van der Waals surface area contributed by atoms with Crippen molar-refractivity contribution >= 4 is 11.6 Å². The van der Waals surface area contributed by atoms with Crippen LogP contribution in [0.15, 0.2) is 60.7 Å². The Hall–Kier alpha value is -3.72. The van der Waals surface area contributed by atoms with Gasteiger partial charge >= 0.3 is 6.18 Å². The number of aryl methyl sites for hydroxylation is 3. The van der Waals surface area contributed by atoms with Gasteiger partial charge in [-0.3, -0.25) is 0 Å². The molecule has 0 bridgehead atoms. The molecule has 1 atom stereocenters. The number of fused-ring (bicyclic) bond motifs is 1. The van der Waals surface area contributed by atoms with Gasteiger partial charge in [0.15, 0.2) is 5.82 Å². The molecule has 0 saturated carbocycles.